The van der Waals surface area contributed by atoms with E-state index >= 15 is 0 Å². The van der Waals surface area contributed by atoms with E-state index in [1.165, 1.54) is 4.57 Å². The van der Waals surface area contributed by atoms with Gasteiger partial charge in [0, 0.05) is 6.54 Å². The van der Waals surface area contributed by atoms with Gasteiger partial charge in [-0.1, -0.05) is 44.2 Å². The van der Waals surface area contributed by atoms with E-state index in [4.69, 9.17) is 4.74 Å². The number of aromatic amines is 1. The van der Waals surface area contributed by atoms with E-state index in [-0.39, 0.29) is 13.2 Å². The number of ether oxygens (including phenoxy) is 1. The Kier molecular flexibility index (Phi) is 4.30. The summed E-state index contributed by atoms with van der Waals surface area (Å²) in [6.07, 6.45) is 1.58. The van der Waals surface area contributed by atoms with Gasteiger partial charge in [0.2, 0.25) is 0 Å². The molecule has 1 aromatic carbocycles. The molecule has 0 bridgehead atoms. The molecule has 28 heavy (non-hydrogen) atoms. The minimum Gasteiger partial charge on any atom is -0.456 e. The summed E-state index contributed by atoms with van der Waals surface area (Å²) in [7, 11) is 0. The summed E-state index contributed by atoms with van der Waals surface area (Å²) in [6.45, 7) is 8.19. The molecule has 0 fully saturated rings. The number of rotatable bonds is 4. The lowest BCUT2D eigenvalue weighted by Crippen LogP contribution is -2.38. The molecule has 1 atom stereocenters. The van der Waals surface area contributed by atoms with Crippen molar-refractivity contribution in [3.05, 3.63) is 85.7 Å². The maximum Gasteiger partial charge on any atom is 0.337 e. The first kappa shape index (κ1) is 18.0. The topological polar surface area (TPSA) is 93.2 Å². The smallest absolute Gasteiger partial charge is 0.337 e. The number of fused-ring (bicyclic) bond motifs is 1. The van der Waals surface area contributed by atoms with Crippen molar-refractivity contribution >= 4 is 11.8 Å². The molecule has 0 saturated carbocycles. The van der Waals surface area contributed by atoms with E-state index < -0.39 is 23.1 Å². The summed E-state index contributed by atoms with van der Waals surface area (Å²) < 4.78 is 6.63. The third-order valence-corrected chi connectivity index (χ3v) is 5.22. The predicted octanol–water partition coefficient (Wildman–Crippen LogP) is 2.21. The van der Waals surface area contributed by atoms with E-state index in [0.29, 0.717) is 28.6 Å². The first-order valence-corrected chi connectivity index (χ1v) is 9.17. The van der Waals surface area contributed by atoms with Crippen molar-refractivity contribution in [3.8, 4) is 0 Å². The van der Waals surface area contributed by atoms with Crippen LogP contribution in [-0.4, -0.2) is 22.1 Å². The van der Waals surface area contributed by atoms with Gasteiger partial charge in [0.25, 0.3) is 5.56 Å². The zero-order chi connectivity index (χ0) is 20.0. The fourth-order valence-electron chi connectivity index (χ4n) is 3.80. The van der Waals surface area contributed by atoms with Gasteiger partial charge < -0.3 is 10.1 Å². The van der Waals surface area contributed by atoms with Gasteiger partial charge in [-0.2, -0.15) is 0 Å². The first-order valence-electron chi connectivity index (χ1n) is 9.17. The highest BCUT2D eigenvalue weighted by atomic mass is 16.5. The Morgan fingerprint density at radius 1 is 1.25 bits per heavy atom. The van der Waals surface area contributed by atoms with E-state index in [0.717, 1.165) is 11.1 Å². The van der Waals surface area contributed by atoms with Crippen molar-refractivity contribution in [2.24, 2.45) is 0 Å². The lowest BCUT2D eigenvalue weighted by molar-refractivity contribution is -0.136. The highest BCUT2D eigenvalue weighted by molar-refractivity contribution is 5.96. The van der Waals surface area contributed by atoms with Gasteiger partial charge in [-0.3, -0.25) is 14.3 Å². The van der Waals surface area contributed by atoms with Crippen molar-refractivity contribution in [1.29, 1.82) is 0 Å². The number of carbonyl (C=O) groups is 1. The van der Waals surface area contributed by atoms with Crippen LogP contribution in [0.5, 0.6) is 0 Å². The van der Waals surface area contributed by atoms with Crippen LogP contribution >= 0.6 is 0 Å². The van der Waals surface area contributed by atoms with Crippen molar-refractivity contribution in [2.75, 3.05) is 11.9 Å². The Morgan fingerprint density at radius 2 is 1.96 bits per heavy atom. The zero-order valence-electron chi connectivity index (χ0n) is 15.7. The lowest BCUT2D eigenvalue weighted by Gasteiger charge is -2.28. The SMILES string of the molecule is C=CCn1c2c(c(=O)[nH]c1=O)[C@@H](c1ccc(C(C)C)cc1)C1=C(COC1=O)N2. The van der Waals surface area contributed by atoms with Crippen LogP contribution in [0.4, 0.5) is 5.82 Å². The summed E-state index contributed by atoms with van der Waals surface area (Å²) >= 11 is 0. The molecule has 0 amide bonds. The number of anilines is 1. The largest absolute Gasteiger partial charge is 0.456 e. The van der Waals surface area contributed by atoms with Gasteiger partial charge >= 0.3 is 11.7 Å². The van der Waals surface area contributed by atoms with Crippen molar-refractivity contribution in [1.82, 2.24) is 9.55 Å². The second-order valence-electron chi connectivity index (χ2n) is 7.27. The fourth-order valence-corrected chi connectivity index (χ4v) is 3.80. The quantitative estimate of drug-likeness (QED) is 0.628. The number of hydrogen-bond donors (Lipinski definition) is 2. The molecule has 1 aromatic heterocycles. The Balaban J connectivity index is 1.98. The second kappa shape index (κ2) is 6.67. The Hall–Kier alpha value is -3.35. The van der Waals surface area contributed by atoms with E-state index in [2.05, 4.69) is 30.7 Å². The molecule has 2 aromatic rings. The molecule has 2 aliphatic rings. The Bertz CT molecular complexity index is 1120. The van der Waals surface area contributed by atoms with Gasteiger partial charge in [0.1, 0.15) is 12.4 Å². The molecule has 7 nitrogen and oxygen atoms in total. The number of H-pyrrole nitrogens is 1. The minimum absolute atomic E-state index is 0.0866. The lowest BCUT2D eigenvalue weighted by atomic mass is 9.82. The number of aromatic nitrogens is 2. The summed E-state index contributed by atoms with van der Waals surface area (Å²) in [5.74, 6) is -0.319. The standard InChI is InChI=1S/C21H21N3O4/c1-4-9-24-18-17(19(25)23-21(24)27)15(16-14(22-18)10-28-20(16)26)13-7-5-12(6-8-13)11(2)3/h4-8,11,15,22H,1,9-10H2,2-3H3,(H,23,25,27)/t15-/m0/s1. The molecule has 0 aliphatic carbocycles. The first-order chi connectivity index (χ1) is 13.4. The Labute approximate surface area is 161 Å². The third kappa shape index (κ3) is 2.70. The van der Waals surface area contributed by atoms with E-state index in [1.54, 1.807) is 6.08 Å². The third-order valence-electron chi connectivity index (χ3n) is 5.22. The Morgan fingerprint density at radius 3 is 2.61 bits per heavy atom. The van der Waals surface area contributed by atoms with Crippen LogP contribution in [0.3, 0.4) is 0 Å². The number of allylic oxidation sites excluding steroid dienone is 1. The van der Waals surface area contributed by atoms with Crippen LogP contribution in [0.1, 0.15) is 42.4 Å². The predicted molar refractivity (Wildman–Crippen MR) is 106 cm³/mol. The number of esters is 1. The molecule has 144 valence electrons. The van der Waals surface area contributed by atoms with Gasteiger partial charge in [-0.05, 0) is 17.0 Å². The highest BCUT2D eigenvalue weighted by Crippen LogP contribution is 2.42. The number of benzene rings is 1. The van der Waals surface area contributed by atoms with Crippen LogP contribution in [0.2, 0.25) is 0 Å². The zero-order valence-corrected chi connectivity index (χ0v) is 15.7. The molecule has 4 rings (SSSR count). The second-order valence-corrected chi connectivity index (χ2v) is 7.27. The van der Waals surface area contributed by atoms with Crippen LogP contribution in [-0.2, 0) is 16.1 Å². The summed E-state index contributed by atoms with van der Waals surface area (Å²) in [5.41, 5.74) is 2.24. The van der Waals surface area contributed by atoms with E-state index in [9.17, 15) is 14.4 Å². The summed E-state index contributed by atoms with van der Waals surface area (Å²) in [5, 5.41) is 3.08. The average Bonchev–Trinajstić information content (AvgIpc) is 3.04. The molecule has 0 radical (unpaired) electrons. The van der Waals surface area contributed by atoms with Crippen molar-refractivity contribution in [3.63, 3.8) is 0 Å². The average molecular weight is 379 g/mol. The maximum absolute atomic E-state index is 12.8. The number of carbonyl (C=O) groups excluding carboxylic acids is 1. The van der Waals surface area contributed by atoms with Gasteiger partial charge in [-0.25, -0.2) is 9.59 Å². The molecular weight excluding hydrogens is 358 g/mol. The van der Waals surface area contributed by atoms with Gasteiger partial charge in [0.15, 0.2) is 0 Å². The molecule has 2 aliphatic heterocycles. The normalized spacial score (nSPS) is 17.8. The number of hydrogen-bond acceptors (Lipinski definition) is 5. The maximum atomic E-state index is 12.8. The molecule has 7 heteroatoms. The molecule has 0 spiro atoms. The molecule has 2 N–H and O–H groups in total. The summed E-state index contributed by atoms with van der Waals surface area (Å²) in [4.78, 5) is 39.9. The fraction of sp³-hybridized carbons (Fsp3) is 0.286. The monoisotopic (exact) mass is 379 g/mol. The van der Waals surface area contributed by atoms with Gasteiger partial charge in [-0.15, -0.1) is 6.58 Å². The highest BCUT2D eigenvalue weighted by Gasteiger charge is 2.41. The van der Waals surface area contributed by atoms with Gasteiger partial charge in [0.05, 0.1) is 22.8 Å². The van der Waals surface area contributed by atoms with Crippen molar-refractivity contribution < 1.29 is 9.53 Å². The van der Waals surface area contributed by atoms with Crippen LogP contribution in [0.15, 0.2) is 57.8 Å². The van der Waals surface area contributed by atoms with Crippen LogP contribution in [0.25, 0.3) is 0 Å². The van der Waals surface area contributed by atoms with Crippen molar-refractivity contribution in [2.45, 2.75) is 32.2 Å². The number of nitrogens with zero attached hydrogens (tertiary/aromatic N) is 1. The minimum atomic E-state index is -0.608. The van der Waals surface area contributed by atoms with Crippen LogP contribution < -0.4 is 16.6 Å². The molecule has 0 unspecified atom stereocenters. The van der Waals surface area contributed by atoms with E-state index in [1.807, 2.05) is 24.3 Å². The summed E-state index contributed by atoms with van der Waals surface area (Å²) in [6, 6.07) is 7.84. The molecule has 3 heterocycles. The number of nitrogens with one attached hydrogen (secondary N) is 2. The number of cyclic esters (lactones) is 1. The molecule has 0 saturated heterocycles. The van der Waals surface area contributed by atoms with Crippen LogP contribution in [0, 0.1) is 0 Å². The molecular formula is C21H21N3O4.